The topological polar surface area (TPSA) is 69.7 Å². The van der Waals surface area contributed by atoms with Gasteiger partial charge in [-0.1, -0.05) is 30.8 Å². The Morgan fingerprint density at radius 2 is 2.07 bits per heavy atom. The van der Waals surface area contributed by atoms with E-state index in [1.165, 1.54) is 7.11 Å². The molecule has 0 aliphatic heterocycles. The largest absolute Gasteiger partial charge is 0.490 e. The van der Waals surface area contributed by atoms with E-state index in [9.17, 15) is 4.79 Å². The van der Waals surface area contributed by atoms with Gasteiger partial charge in [-0.25, -0.2) is 4.98 Å². The second-order valence-corrected chi connectivity index (χ2v) is 7.44. The Morgan fingerprint density at radius 1 is 1.27 bits per heavy atom. The third-order valence-corrected chi connectivity index (χ3v) is 5.37. The van der Waals surface area contributed by atoms with Crippen molar-refractivity contribution in [3.8, 4) is 5.75 Å². The quantitative estimate of drug-likeness (QED) is 0.491. The molecular formula is C23H30N2O4S. The zero-order valence-corrected chi connectivity index (χ0v) is 19.0. The van der Waals surface area contributed by atoms with Crippen LogP contribution in [0.25, 0.3) is 15.8 Å². The first kappa shape index (κ1) is 23.9. The fourth-order valence-electron chi connectivity index (χ4n) is 2.60. The molecule has 0 aliphatic rings. The fourth-order valence-corrected chi connectivity index (χ4v) is 3.39. The number of carbonyl (C=O) groups is 1. The Bertz CT molecular complexity index is 911. The van der Waals surface area contributed by atoms with Gasteiger partial charge in [-0.2, -0.15) is 0 Å². The summed E-state index contributed by atoms with van der Waals surface area (Å²) in [6, 6.07) is 7.52. The Labute approximate surface area is 182 Å². The number of amides is 1. The molecule has 30 heavy (non-hydrogen) atoms. The van der Waals surface area contributed by atoms with E-state index in [4.69, 9.17) is 19.2 Å². The zero-order chi connectivity index (χ0) is 21.9. The van der Waals surface area contributed by atoms with Crippen molar-refractivity contribution < 1.29 is 19.0 Å². The molecule has 1 N–H and O–H groups in total. The first-order valence-corrected chi connectivity index (χ1v) is 10.8. The molecule has 2 rings (SSSR count). The molecule has 0 bridgehead atoms. The summed E-state index contributed by atoms with van der Waals surface area (Å²) in [7, 11) is 3.14. The van der Waals surface area contributed by atoms with Crippen LogP contribution in [0.2, 0.25) is 0 Å². The van der Waals surface area contributed by atoms with E-state index in [0.29, 0.717) is 24.7 Å². The van der Waals surface area contributed by atoms with Gasteiger partial charge in [-0.3, -0.25) is 4.79 Å². The van der Waals surface area contributed by atoms with Crippen LogP contribution in [-0.2, 0) is 14.3 Å². The van der Waals surface area contributed by atoms with Gasteiger partial charge in [0.1, 0.15) is 18.5 Å². The number of nitrogens with zero attached hydrogens (tertiary/aromatic N) is 1. The predicted molar refractivity (Wildman–Crippen MR) is 125 cm³/mol. The van der Waals surface area contributed by atoms with Gasteiger partial charge in [0.2, 0.25) is 0 Å². The first-order chi connectivity index (χ1) is 14.5. The molecule has 0 aliphatic carbocycles. The minimum absolute atomic E-state index is 0.210. The van der Waals surface area contributed by atoms with Gasteiger partial charge < -0.3 is 19.5 Å². The van der Waals surface area contributed by atoms with Gasteiger partial charge >= 0.3 is 0 Å². The third-order valence-electron chi connectivity index (χ3n) is 4.35. The monoisotopic (exact) mass is 430 g/mol. The highest BCUT2D eigenvalue weighted by molar-refractivity contribution is 8.10. The summed E-state index contributed by atoms with van der Waals surface area (Å²) in [5.74, 6) is 0.487. The lowest BCUT2D eigenvalue weighted by atomic mass is 10.1. The highest BCUT2D eigenvalue weighted by Crippen LogP contribution is 2.34. The van der Waals surface area contributed by atoms with Gasteiger partial charge in [0.25, 0.3) is 5.91 Å². The number of carbonyl (C=O) groups excluding carboxylic acids is 1. The minimum Gasteiger partial charge on any atom is -0.490 e. The van der Waals surface area contributed by atoms with Crippen molar-refractivity contribution >= 4 is 39.2 Å². The number of ether oxygens (including phenoxy) is 3. The van der Waals surface area contributed by atoms with Crippen LogP contribution in [-0.4, -0.2) is 44.4 Å². The highest BCUT2D eigenvalue weighted by Gasteiger charge is 2.14. The number of thioether (sulfide) groups is 1. The van der Waals surface area contributed by atoms with Crippen LogP contribution in [0, 0.1) is 0 Å². The molecule has 1 unspecified atom stereocenters. The lowest BCUT2D eigenvalue weighted by Crippen LogP contribution is -2.26. The predicted octanol–water partition coefficient (Wildman–Crippen LogP) is 5.25. The molecule has 1 amide bonds. The van der Waals surface area contributed by atoms with Crippen molar-refractivity contribution in [2.45, 2.75) is 33.3 Å². The molecule has 1 aromatic carbocycles. The van der Waals surface area contributed by atoms with Crippen molar-refractivity contribution in [2.75, 3.05) is 32.8 Å². The second kappa shape index (κ2) is 12.4. The maximum absolute atomic E-state index is 12.2. The summed E-state index contributed by atoms with van der Waals surface area (Å²) in [6.45, 7) is 6.69. The molecule has 0 saturated carbocycles. The molecule has 0 fully saturated rings. The minimum atomic E-state index is -0.538. The van der Waals surface area contributed by atoms with Gasteiger partial charge in [0, 0.05) is 36.3 Å². The van der Waals surface area contributed by atoms with Gasteiger partial charge in [0.15, 0.2) is 0 Å². The van der Waals surface area contributed by atoms with E-state index >= 15 is 0 Å². The van der Waals surface area contributed by atoms with Gasteiger partial charge in [0.05, 0.1) is 17.8 Å². The molecule has 1 heterocycles. The Balaban J connectivity index is 2.44. The molecule has 1 aromatic heterocycles. The van der Waals surface area contributed by atoms with Crippen LogP contribution in [0.3, 0.4) is 0 Å². The number of aromatic nitrogens is 1. The summed E-state index contributed by atoms with van der Waals surface area (Å²) >= 11 is 1.63. The van der Waals surface area contributed by atoms with E-state index < -0.39 is 6.10 Å². The van der Waals surface area contributed by atoms with Crippen molar-refractivity contribution in [3.05, 3.63) is 47.5 Å². The number of nitrogens with one attached hydrogen (secondary N) is 1. The number of rotatable bonds is 11. The summed E-state index contributed by atoms with van der Waals surface area (Å²) < 4.78 is 16.2. The van der Waals surface area contributed by atoms with Crippen LogP contribution in [0.15, 0.2) is 41.8 Å². The van der Waals surface area contributed by atoms with Crippen LogP contribution in [0.4, 0.5) is 5.69 Å². The summed E-state index contributed by atoms with van der Waals surface area (Å²) in [5, 5.41) is 5.76. The first-order valence-electron chi connectivity index (χ1n) is 9.92. The van der Waals surface area contributed by atoms with Crippen LogP contribution in [0.5, 0.6) is 5.75 Å². The molecule has 0 saturated heterocycles. The number of hydrogen-bond donors (Lipinski definition) is 1. The Kier molecular flexibility index (Phi) is 9.86. The maximum Gasteiger partial charge on any atom is 0.253 e. The molecule has 7 heteroatoms. The van der Waals surface area contributed by atoms with Gasteiger partial charge in [-0.05, 0) is 43.9 Å². The number of hydrogen-bond acceptors (Lipinski definition) is 6. The number of methoxy groups -OCH3 is 2. The van der Waals surface area contributed by atoms with E-state index in [1.54, 1.807) is 25.8 Å². The van der Waals surface area contributed by atoms with E-state index in [-0.39, 0.29) is 5.91 Å². The SMILES string of the molecule is C/C=C(\S/C=C\CC)c1cc(OCCOC)c2cc(NC(=O)C(C)OC)ccc2n1. The summed E-state index contributed by atoms with van der Waals surface area (Å²) in [5.41, 5.74) is 2.29. The lowest BCUT2D eigenvalue weighted by molar-refractivity contribution is -0.124. The van der Waals surface area contributed by atoms with Crippen molar-refractivity contribution in [3.63, 3.8) is 0 Å². The molecular weight excluding hydrogens is 400 g/mol. The van der Waals surface area contributed by atoms with Crippen molar-refractivity contribution in [2.24, 2.45) is 0 Å². The number of fused-ring (bicyclic) bond motifs is 1. The number of pyridine rings is 1. The lowest BCUT2D eigenvalue weighted by Gasteiger charge is -2.14. The molecule has 6 nitrogen and oxygen atoms in total. The average Bonchev–Trinajstić information content (AvgIpc) is 2.76. The second-order valence-electron chi connectivity index (χ2n) is 6.50. The normalized spacial score (nSPS) is 13.0. The summed E-state index contributed by atoms with van der Waals surface area (Å²) in [6.07, 6.45) is 4.60. The zero-order valence-electron chi connectivity index (χ0n) is 18.2. The van der Waals surface area contributed by atoms with Crippen LogP contribution >= 0.6 is 11.8 Å². The number of anilines is 1. The standard InChI is InChI=1S/C23H30N2O4S/c1-6-8-13-30-22(7-2)20-15-21(29-12-11-27-4)18-14-17(9-10-19(18)25-20)24-23(26)16(3)28-5/h7-10,13-16H,6,11-12H2,1-5H3,(H,24,26)/b13-8-,22-7-. The Hall–Kier alpha value is -2.35. The van der Waals surface area contributed by atoms with Crippen molar-refractivity contribution in [1.82, 2.24) is 4.98 Å². The number of benzene rings is 1. The molecule has 162 valence electrons. The molecule has 1 atom stereocenters. The molecule has 2 aromatic rings. The third kappa shape index (κ3) is 6.58. The number of allylic oxidation sites excluding steroid dienone is 2. The summed E-state index contributed by atoms with van der Waals surface area (Å²) in [4.78, 5) is 18.0. The van der Waals surface area contributed by atoms with E-state index in [1.807, 2.05) is 37.3 Å². The smallest absolute Gasteiger partial charge is 0.253 e. The fraction of sp³-hybridized carbons (Fsp3) is 0.391. The molecule has 0 radical (unpaired) electrons. The van der Waals surface area contributed by atoms with Gasteiger partial charge in [-0.15, -0.1) is 0 Å². The van der Waals surface area contributed by atoms with E-state index in [2.05, 4.69) is 23.7 Å². The molecule has 0 spiro atoms. The van der Waals surface area contributed by atoms with E-state index in [0.717, 1.165) is 27.9 Å². The van der Waals surface area contributed by atoms with Crippen LogP contribution < -0.4 is 10.1 Å². The van der Waals surface area contributed by atoms with Crippen LogP contribution in [0.1, 0.15) is 32.9 Å². The maximum atomic E-state index is 12.2. The highest BCUT2D eigenvalue weighted by atomic mass is 32.2. The average molecular weight is 431 g/mol. The Morgan fingerprint density at radius 3 is 2.73 bits per heavy atom. The van der Waals surface area contributed by atoms with Crippen molar-refractivity contribution in [1.29, 1.82) is 0 Å².